The van der Waals surface area contributed by atoms with Crippen molar-refractivity contribution < 1.29 is 4.39 Å². The molecule has 0 bridgehead atoms. The van der Waals surface area contributed by atoms with Gasteiger partial charge in [0.15, 0.2) is 0 Å². The van der Waals surface area contributed by atoms with Crippen LogP contribution in [0.1, 0.15) is 17.2 Å². The van der Waals surface area contributed by atoms with Gasteiger partial charge in [-0.2, -0.15) is 0 Å². The third-order valence-electron chi connectivity index (χ3n) is 2.84. The van der Waals surface area contributed by atoms with E-state index in [9.17, 15) is 4.39 Å². The van der Waals surface area contributed by atoms with Crippen molar-refractivity contribution in [3.05, 3.63) is 68.4 Å². The van der Waals surface area contributed by atoms with Gasteiger partial charge in [-0.05, 0) is 30.2 Å². The van der Waals surface area contributed by atoms with E-state index in [0.29, 0.717) is 21.2 Å². The van der Waals surface area contributed by atoms with E-state index in [1.54, 1.807) is 30.3 Å². The molecule has 0 fully saturated rings. The molecule has 0 spiro atoms. The summed E-state index contributed by atoms with van der Waals surface area (Å²) in [6, 6.07) is 9.48. The van der Waals surface area contributed by atoms with Gasteiger partial charge < -0.3 is 5.73 Å². The maximum absolute atomic E-state index is 13.8. The number of benzene rings is 2. The Labute approximate surface area is 126 Å². The van der Waals surface area contributed by atoms with Crippen LogP contribution in [0.2, 0.25) is 15.1 Å². The van der Waals surface area contributed by atoms with Gasteiger partial charge in [-0.1, -0.05) is 53.0 Å². The van der Waals surface area contributed by atoms with Gasteiger partial charge >= 0.3 is 0 Å². The minimum atomic E-state index is -0.492. The first-order valence-corrected chi connectivity index (χ1v) is 6.76. The van der Waals surface area contributed by atoms with Crippen LogP contribution < -0.4 is 5.73 Å². The van der Waals surface area contributed by atoms with E-state index >= 15 is 0 Å². The van der Waals surface area contributed by atoms with Gasteiger partial charge in [-0.15, -0.1) is 0 Å². The van der Waals surface area contributed by atoms with Gasteiger partial charge in [0.1, 0.15) is 5.82 Å². The van der Waals surface area contributed by atoms with E-state index < -0.39 is 11.9 Å². The largest absolute Gasteiger partial charge is 0.324 e. The Hall–Kier alpha value is -0.800. The van der Waals surface area contributed by atoms with Crippen LogP contribution in [0.4, 0.5) is 4.39 Å². The van der Waals surface area contributed by atoms with Crippen LogP contribution in [-0.2, 0) is 6.42 Å². The van der Waals surface area contributed by atoms with Crippen molar-refractivity contribution in [3.8, 4) is 0 Å². The Kier molecular flexibility index (Phi) is 4.69. The molecule has 0 radical (unpaired) electrons. The van der Waals surface area contributed by atoms with Crippen molar-refractivity contribution in [2.45, 2.75) is 12.5 Å². The van der Waals surface area contributed by atoms with Crippen LogP contribution in [0.5, 0.6) is 0 Å². The van der Waals surface area contributed by atoms with Crippen molar-refractivity contribution in [1.82, 2.24) is 0 Å². The second-order valence-corrected chi connectivity index (χ2v) is 5.38. The minimum absolute atomic E-state index is 0.0787. The standard InChI is InChI=1S/C14H11Cl3FN/c15-9-4-2-5-10(16)13(9)12(19)7-8-3-1-6-11(17)14(8)18/h1-6,12H,7,19H2. The monoisotopic (exact) mass is 317 g/mol. The third-order valence-corrected chi connectivity index (χ3v) is 3.79. The van der Waals surface area contributed by atoms with Crippen LogP contribution in [0.25, 0.3) is 0 Å². The molecule has 19 heavy (non-hydrogen) atoms. The predicted molar refractivity (Wildman–Crippen MR) is 78.5 cm³/mol. The van der Waals surface area contributed by atoms with E-state index in [-0.39, 0.29) is 11.4 Å². The molecule has 2 aromatic rings. The van der Waals surface area contributed by atoms with Crippen LogP contribution in [0.15, 0.2) is 36.4 Å². The summed E-state index contributed by atoms with van der Waals surface area (Å²) in [5, 5.41) is 1.03. The Morgan fingerprint density at radius 3 is 2.11 bits per heavy atom. The summed E-state index contributed by atoms with van der Waals surface area (Å²) in [5.41, 5.74) is 7.13. The van der Waals surface area contributed by atoms with E-state index in [1.807, 2.05) is 0 Å². The molecule has 0 saturated heterocycles. The van der Waals surface area contributed by atoms with E-state index in [1.165, 1.54) is 6.07 Å². The highest BCUT2D eigenvalue weighted by molar-refractivity contribution is 6.36. The van der Waals surface area contributed by atoms with Crippen LogP contribution >= 0.6 is 34.8 Å². The topological polar surface area (TPSA) is 26.0 Å². The lowest BCUT2D eigenvalue weighted by Gasteiger charge is -2.16. The number of nitrogens with two attached hydrogens (primary N) is 1. The summed E-state index contributed by atoms with van der Waals surface area (Å²) < 4.78 is 13.8. The fraction of sp³-hybridized carbons (Fsp3) is 0.143. The van der Waals surface area contributed by atoms with Gasteiger partial charge in [0.05, 0.1) is 5.02 Å². The quantitative estimate of drug-likeness (QED) is 0.844. The highest BCUT2D eigenvalue weighted by atomic mass is 35.5. The molecule has 0 aliphatic carbocycles. The zero-order valence-corrected chi connectivity index (χ0v) is 12.1. The second kappa shape index (κ2) is 6.10. The molecule has 2 aromatic carbocycles. The van der Waals surface area contributed by atoms with Gasteiger partial charge in [0, 0.05) is 21.7 Å². The summed E-state index contributed by atoms with van der Waals surface area (Å²) in [6.07, 6.45) is 0.274. The van der Waals surface area contributed by atoms with Crippen molar-refractivity contribution >= 4 is 34.8 Å². The molecule has 2 N–H and O–H groups in total. The molecule has 0 amide bonds. The Bertz CT molecular complexity index is 581. The molecule has 1 unspecified atom stereocenters. The smallest absolute Gasteiger partial charge is 0.145 e. The Morgan fingerprint density at radius 2 is 1.47 bits per heavy atom. The molecule has 2 rings (SSSR count). The molecule has 0 heterocycles. The molecule has 1 nitrogen and oxygen atoms in total. The Morgan fingerprint density at radius 1 is 0.947 bits per heavy atom. The number of hydrogen-bond donors (Lipinski definition) is 1. The van der Waals surface area contributed by atoms with Gasteiger partial charge in [-0.3, -0.25) is 0 Å². The molecular formula is C14H11Cl3FN. The Balaban J connectivity index is 2.31. The number of hydrogen-bond acceptors (Lipinski definition) is 1. The third kappa shape index (κ3) is 3.21. The summed E-state index contributed by atoms with van der Waals surface area (Å²) in [4.78, 5) is 0. The lowest BCUT2D eigenvalue weighted by Crippen LogP contribution is -2.15. The van der Waals surface area contributed by atoms with Crippen LogP contribution in [-0.4, -0.2) is 0 Å². The first kappa shape index (κ1) is 14.6. The van der Waals surface area contributed by atoms with Gasteiger partial charge in [-0.25, -0.2) is 4.39 Å². The lowest BCUT2D eigenvalue weighted by atomic mass is 9.99. The molecule has 1 atom stereocenters. The van der Waals surface area contributed by atoms with Crippen molar-refractivity contribution in [3.63, 3.8) is 0 Å². The van der Waals surface area contributed by atoms with E-state index in [4.69, 9.17) is 40.5 Å². The molecule has 0 saturated carbocycles. The average Bonchev–Trinajstić information content (AvgIpc) is 2.35. The van der Waals surface area contributed by atoms with Crippen molar-refractivity contribution in [1.29, 1.82) is 0 Å². The number of halogens is 4. The highest BCUT2D eigenvalue weighted by Crippen LogP contribution is 2.31. The van der Waals surface area contributed by atoms with Crippen LogP contribution in [0.3, 0.4) is 0 Å². The fourth-order valence-corrected chi connectivity index (χ4v) is 2.78. The second-order valence-electron chi connectivity index (χ2n) is 4.16. The zero-order chi connectivity index (χ0) is 14.0. The van der Waals surface area contributed by atoms with Crippen LogP contribution in [0, 0.1) is 5.82 Å². The molecule has 5 heteroatoms. The summed E-state index contributed by atoms with van der Waals surface area (Å²) >= 11 is 17.9. The normalized spacial score (nSPS) is 12.5. The maximum Gasteiger partial charge on any atom is 0.145 e. The lowest BCUT2D eigenvalue weighted by molar-refractivity contribution is 0.594. The zero-order valence-electron chi connectivity index (χ0n) is 9.84. The van der Waals surface area contributed by atoms with Gasteiger partial charge in [0.2, 0.25) is 0 Å². The first-order chi connectivity index (χ1) is 9.00. The fourth-order valence-electron chi connectivity index (χ4n) is 1.91. The SMILES string of the molecule is NC(Cc1cccc(Cl)c1F)c1c(Cl)cccc1Cl. The minimum Gasteiger partial charge on any atom is -0.324 e. The molecular weight excluding hydrogens is 308 g/mol. The molecule has 0 aromatic heterocycles. The van der Waals surface area contributed by atoms with Crippen molar-refractivity contribution in [2.75, 3.05) is 0 Å². The van der Waals surface area contributed by atoms with E-state index in [0.717, 1.165) is 0 Å². The number of rotatable bonds is 3. The summed E-state index contributed by atoms with van der Waals surface area (Å²) in [6.45, 7) is 0. The van der Waals surface area contributed by atoms with Crippen molar-refractivity contribution in [2.24, 2.45) is 5.73 Å². The summed E-state index contributed by atoms with van der Waals surface area (Å²) in [5.74, 6) is -0.456. The maximum atomic E-state index is 13.8. The predicted octanol–water partition coefficient (Wildman–Crippen LogP) is 5.03. The molecule has 0 aliphatic heterocycles. The van der Waals surface area contributed by atoms with E-state index in [2.05, 4.69) is 0 Å². The molecule has 100 valence electrons. The summed E-state index contributed by atoms with van der Waals surface area (Å²) in [7, 11) is 0. The van der Waals surface area contributed by atoms with Gasteiger partial charge in [0.25, 0.3) is 0 Å². The molecule has 0 aliphatic rings. The average molecular weight is 319 g/mol. The first-order valence-electron chi connectivity index (χ1n) is 5.63. The highest BCUT2D eigenvalue weighted by Gasteiger charge is 2.17.